The van der Waals surface area contributed by atoms with Gasteiger partial charge in [-0.3, -0.25) is 4.79 Å². The number of nitrogens with one attached hydrogen (secondary N) is 2. The lowest BCUT2D eigenvalue weighted by molar-refractivity contribution is -0.142. The van der Waals surface area contributed by atoms with E-state index in [0.717, 1.165) is 32.1 Å². The number of carboxylic acids is 1. The van der Waals surface area contributed by atoms with E-state index in [1.807, 2.05) is 0 Å². The molecule has 1 fully saturated rings. The highest BCUT2D eigenvalue weighted by atomic mass is 16.5. The number of hydrogen-bond acceptors (Lipinski definition) is 3. The summed E-state index contributed by atoms with van der Waals surface area (Å²) in [6.45, 7) is 1.76. The van der Waals surface area contributed by atoms with Crippen molar-refractivity contribution >= 4 is 12.0 Å². The molecule has 6 heteroatoms. The lowest BCUT2D eigenvalue weighted by Crippen LogP contribution is -2.40. The third-order valence-corrected chi connectivity index (χ3v) is 3.56. The molecule has 2 atom stereocenters. The Morgan fingerprint density at radius 2 is 2.05 bits per heavy atom. The molecule has 0 bridgehead atoms. The number of carboxylic acid groups (broad SMARTS) is 1. The number of urea groups is 1. The standard InChI is InChI=1S/C13H24N2O4/c1-19-8-3-2-7-14-13(18)15-9-10-5-4-6-11(10)12(16)17/h10-11H,2-9H2,1H3,(H,16,17)(H2,14,15,18). The maximum absolute atomic E-state index is 11.5. The van der Waals surface area contributed by atoms with Crippen molar-refractivity contribution in [1.82, 2.24) is 10.6 Å². The fraction of sp³-hybridized carbons (Fsp3) is 0.846. The van der Waals surface area contributed by atoms with E-state index in [1.165, 1.54) is 0 Å². The van der Waals surface area contributed by atoms with Gasteiger partial charge in [-0.2, -0.15) is 0 Å². The summed E-state index contributed by atoms with van der Waals surface area (Å²) in [6.07, 6.45) is 4.33. The lowest BCUT2D eigenvalue weighted by Gasteiger charge is -2.16. The van der Waals surface area contributed by atoms with Gasteiger partial charge in [0.25, 0.3) is 0 Å². The van der Waals surface area contributed by atoms with Gasteiger partial charge in [0.2, 0.25) is 0 Å². The number of methoxy groups -OCH3 is 1. The summed E-state index contributed by atoms with van der Waals surface area (Å²) in [6, 6.07) is -0.214. The highest BCUT2D eigenvalue weighted by Gasteiger charge is 2.32. The molecule has 0 heterocycles. The molecule has 0 aromatic rings. The molecule has 2 amide bonds. The molecule has 6 nitrogen and oxygen atoms in total. The van der Waals surface area contributed by atoms with Crippen LogP contribution in [0.4, 0.5) is 4.79 Å². The Bertz CT molecular complexity index is 296. The van der Waals surface area contributed by atoms with Crippen LogP contribution in [-0.2, 0) is 9.53 Å². The predicted octanol–water partition coefficient (Wildman–Crippen LogP) is 1.21. The summed E-state index contributed by atoms with van der Waals surface area (Å²) in [5.41, 5.74) is 0. The van der Waals surface area contributed by atoms with Crippen LogP contribution in [0.15, 0.2) is 0 Å². The number of ether oxygens (including phenoxy) is 1. The van der Waals surface area contributed by atoms with E-state index in [4.69, 9.17) is 9.84 Å². The Morgan fingerprint density at radius 1 is 1.26 bits per heavy atom. The van der Waals surface area contributed by atoms with Gasteiger partial charge in [0, 0.05) is 26.8 Å². The first kappa shape index (κ1) is 15.8. The molecular formula is C13H24N2O4. The predicted molar refractivity (Wildman–Crippen MR) is 71.0 cm³/mol. The van der Waals surface area contributed by atoms with Crippen LogP contribution in [0.2, 0.25) is 0 Å². The Hall–Kier alpha value is -1.30. The fourth-order valence-corrected chi connectivity index (χ4v) is 2.47. The number of carbonyl (C=O) groups is 2. The van der Waals surface area contributed by atoms with Crippen LogP contribution in [0, 0.1) is 11.8 Å². The third-order valence-electron chi connectivity index (χ3n) is 3.56. The average molecular weight is 272 g/mol. The topological polar surface area (TPSA) is 87.7 Å². The molecule has 1 aliphatic rings. The molecule has 0 aromatic carbocycles. The highest BCUT2D eigenvalue weighted by molar-refractivity contribution is 5.74. The third kappa shape index (κ3) is 5.92. The van der Waals surface area contributed by atoms with Gasteiger partial charge >= 0.3 is 12.0 Å². The van der Waals surface area contributed by atoms with Gasteiger partial charge in [0.05, 0.1) is 5.92 Å². The zero-order valence-electron chi connectivity index (χ0n) is 11.5. The number of rotatable bonds is 8. The number of amides is 2. The Kier molecular flexibility index (Phi) is 7.25. The molecule has 0 aliphatic heterocycles. The number of hydrogen-bond donors (Lipinski definition) is 3. The monoisotopic (exact) mass is 272 g/mol. The Balaban J connectivity index is 2.11. The van der Waals surface area contributed by atoms with Gasteiger partial charge in [-0.15, -0.1) is 0 Å². The zero-order chi connectivity index (χ0) is 14.1. The zero-order valence-corrected chi connectivity index (χ0v) is 11.5. The molecule has 110 valence electrons. The first-order chi connectivity index (χ1) is 9.15. The molecule has 1 saturated carbocycles. The summed E-state index contributed by atoms with van der Waals surface area (Å²) >= 11 is 0. The van der Waals surface area contributed by atoms with Crippen molar-refractivity contribution in [1.29, 1.82) is 0 Å². The van der Waals surface area contributed by atoms with E-state index >= 15 is 0 Å². The van der Waals surface area contributed by atoms with Crippen molar-refractivity contribution in [3.05, 3.63) is 0 Å². The summed E-state index contributed by atoms with van der Waals surface area (Å²) in [5.74, 6) is -0.983. The van der Waals surface area contributed by atoms with Gasteiger partial charge in [0.15, 0.2) is 0 Å². The van der Waals surface area contributed by atoms with E-state index < -0.39 is 5.97 Å². The number of aliphatic carboxylic acids is 1. The minimum absolute atomic E-state index is 0.0664. The minimum Gasteiger partial charge on any atom is -0.481 e. The lowest BCUT2D eigenvalue weighted by atomic mass is 9.96. The van der Waals surface area contributed by atoms with E-state index in [-0.39, 0.29) is 17.9 Å². The fourth-order valence-electron chi connectivity index (χ4n) is 2.47. The quantitative estimate of drug-likeness (QED) is 0.580. The first-order valence-electron chi connectivity index (χ1n) is 6.88. The molecular weight excluding hydrogens is 248 g/mol. The summed E-state index contributed by atoms with van der Waals surface area (Å²) < 4.78 is 4.91. The van der Waals surface area contributed by atoms with Crippen LogP contribution < -0.4 is 10.6 Å². The summed E-state index contributed by atoms with van der Waals surface area (Å²) in [4.78, 5) is 22.5. The molecule has 0 saturated heterocycles. The summed E-state index contributed by atoms with van der Waals surface area (Å²) in [5, 5.41) is 14.5. The normalized spacial score (nSPS) is 22.2. The maximum atomic E-state index is 11.5. The van der Waals surface area contributed by atoms with E-state index in [9.17, 15) is 9.59 Å². The molecule has 0 aromatic heterocycles. The van der Waals surface area contributed by atoms with Crippen molar-refractivity contribution in [3.63, 3.8) is 0 Å². The highest BCUT2D eigenvalue weighted by Crippen LogP contribution is 2.31. The Morgan fingerprint density at radius 3 is 2.74 bits per heavy atom. The van der Waals surface area contributed by atoms with Crippen LogP contribution in [-0.4, -0.2) is 43.9 Å². The van der Waals surface area contributed by atoms with Crippen LogP contribution in [0.3, 0.4) is 0 Å². The second kappa shape index (κ2) is 8.74. The molecule has 1 rings (SSSR count). The Labute approximate surface area is 113 Å². The van der Waals surface area contributed by atoms with Crippen molar-refractivity contribution in [2.45, 2.75) is 32.1 Å². The number of unbranched alkanes of at least 4 members (excludes halogenated alkanes) is 1. The average Bonchev–Trinajstić information content (AvgIpc) is 2.84. The SMILES string of the molecule is COCCCCNC(=O)NCC1CCCC1C(=O)O. The van der Waals surface area contributed by atoms with Crippen molar-refractivity contribution in [3.8, 4) is 0 Å². The maximum Gasteiger partial charge on any atom is 0.314 e. The van der Waals surface area contributed by atoms with Gasteiger partial charge in [-0.05, 0) is 31.6 Å². The van der Waals surface area contributed by atoms with Gasteiger partial charge < -0.3 is 20.5 Å². The molecule has 0 spiro atoms. The molecule has 1 aliphatic carbocycles. The number of carbonyl (C=O) groups excluding carboxylic acids is 1. The molecule has 2 unspecified atom stereocenters. The molecule has 19 heavy (non-hydrogen) atoms. The molecule has 3 N–H and O–H groups in total. The van der Waals surface area contributed by atoms with E-state index in [0.29, 0.717) is 19.7 Å². The van der Waals surface area contributed by atoms with Crippen LogP contribution in [0.1, 0.15) is 32.1 Å². The van der Waals surface area contributed by atoms with Gasteiger partial charge in [0.1, 0.15) is 0 Å². The van der Waals surface area contributed by atoms with Gasteiger partial charge in [-0.25, -0.2) is 4.79 Å². The van der Waals surface area contributed by atoms with Crippen molar-refractivity contribution in [2.24, 2.45) is 11.8 Å². The van der Waals surface area contributed by atoms with Gasteiger partial charge in [-0.1, -0.05) is 6.42 Å². The van der Waals surface area contributed by atoms with E-state index in [1.54, 1.807) is 7.11 Å². The van der Waals surface area contributed by atoms with Crippen LogP contribution in [0.25, 0.3) is 0 Å². The second-order valence-electron chi connectivity index (χ2n) is 4.97. The summed E-state index contributed by atoms with van der Waals surface area (Å²) in [7, 11) is 1.65. The minimum atomic E-state index is -0.746. The largest absolute Gasteiger partial charge is 0.481 e. The van der Waals surface area contributed by atoms with Crippen molar-refractivity contribution < 1.29 is 19.4 Å². The van der Waals surface area contributed by atoms with Crippen LogP contribution in [0.5, 0.6) is 0 Å². The smallest absolute Gasteiger partial charge is 0.314 e. The van der Waals surface area contributed by atoms with Crippen molar-refractivity contribution in [2.75, 3.05) is 26.8 Å². The second-order valence-corrected chi connectivity index (χ2v) is 4.97. The molecule has 0 radical (unpaired) electrons. The van der Waals surface area contributed by atoms with E-state index in [2.05, 4.69) is 10.6 Å². The van der Waals surface area contributed by atoms with Crippen LogP contribution >= 0.6 is 0 Å². The first-order valence-corrected chi connectivity index (χ1v) is 6.88.